The zero-order chi connectivity index (χ0) is 14.1. The van der Waals surface area contributed by atoms with Crippen molar-refractivity contribution in [3.05, 3.63) is 54.0 Å². The van der Waals surface area contributed by atoms with Crippen LogP contribution in [0.15, 0.2) is 47.3 Å². The van der Waals surface area contributed by atoms with Crippen LogP contribution >= 0.6 is 0 Å². The van der Waals surface area contributed by atoms with Crippen LogP contribution in [0.25, 0.3) is 0 Å². The van der Waals surface area contributed by atoms with Gasteiger partial charge in [-0.1, -0.05) is 32.0 Å². The van der Waals surface area contributed by atoms with E-state index in [9.17, 15) is 4.79 Å². The fourth-order valence-corrected chi connectivity index (χ4v) is 2.99. The van der Waals surface area contributed by atoms with Crippen molar-refractivity contribution >= 4 is 11.6 Å². The maximum atomic E-state index is 12.8. The molecular weight excluding hydrogens is 250 g/mol. The number of anilines is 1. The molecule has 20 heavy (non-hydrogen) atoms. The molecular formula is C17H19NO2. The molecule has 1 aliphatic rings. The number of hydrogen-bond acceptors (Lipinski definition) is 2. The minimum Gasteiger partial charge on any atom is -0.472 e. The number of fused-ring (bicyclic) bond motifs is 1. The van der Waals surface area contributed by atoms with Gasteiger partial charge in [-0.2, -0.15) is 0 Å². The zero-order valence-electron chi connectivity index (χ0n) is 11.9. The first-order valence-electron chi connectivity index (χ1n) is 7.12. The lowest BCUT2D eigenvalue weighted by atomic mass is 9.89. The SMILES string of the molecule is CC(C)C1CCc2ccccc2N1C(=O)c1ccoc1. The molecule has 3 nitrogen and oxygen atoms in total. The lowest BCUT2D eigenvalue weighted by Crippen LogP contribution is -2.46. The molecule has 0 saturated carbocycles. The topological polar surface area (TPSA) is 33.5 Å². The molecule has 0 spiro atoms. The third kappa shape index (κ3) is 2.13. The predicted molar refractivity (Wildman–Crippen MR) is 78.9 cm³/mol. The molecule has 0 bridgehead atoms. The average Bonchev–Trinajstić information content (AvgIpc) is 2.99. The maximum absolute atomic E-state index is 12.8. The summed E-state index contributed by atoms with van der Waals surface area (Å²) in [5.74, 6) is 0.462. The molecule has 3 heteroatoms. The van der Waals surface area contributed by atoms with Crippen LogP contribution in [0.3, 0.4) is 0 Å². The number of aryl methyl sites for hydroxylation is 1. The molecule has 0 radical (unpaired) electrons. The van der Waals surface area contributed by atoms with E-state index < -0.39 is 0 Å². The summed E-state index contributed by atoms with van der Waals surface area (Å²) in [6.07, 6.45) is 5.12. The first-order chi connectivity index (χ1) is 9.68. The Morgan fingerprint density at radius 2 is 2.10 bits per heavy atom. The van der Waals surface area contributed by atoms with E-state index >= 15 is 0 Å². The molecule has 3 rings (SSSR count). The molecule has 1 aliphatic heterocycles. The smallest absolute Gasteiger partial charge is 0.261 e. The van der Waals surface area contributed by atoms with Crippen LogP contribution in [-0.2, 0) is 6.42 Å². The summed E-state index contributed by atoms with van der Waals surface area (Å²) in [5, 5.41) is 0. The molecule has 1 unspecified atom stereocenters. The molecule has 1 amide bonds. The molecule has 2 aromatic rings. The highest BCUT2D eigenvalue weighted by molar-refractivity contribution is 6.07. The van der Waals surface area contributed by atoms with Crippen molar-refractivity contribution in [2.24, 2.45) is 5.92 Å². The van der Waals surface area contributed by atoms with Crippen molar-refractivity contribution < 1.29 is 9.21 Å². The summed E-state index contributed by atoms with van der Waals surface area (Å²) < 4.78 is 5.06. The number of nitrogens with zero attached hydrogens (tertiary/aromatic N) is 1. The van der Waals surface area contributed by atoms with Gasteiger partial charge in [-0.3, -0.25) is 4.79 Å². The van der Waals surface area contributed by atoms with Crippen molar-refractivity contribution in [2.75, 3.05) is 4.90 Å². The van der Waals surface area contributed by atoms with E-state index in [-0.39, 0.29) is 11.9 Å². The highest BCUT2D eigenvalue weighted by atomic mass is 16.3. The first-order valence-corrected chi connectivity index (χ1v) is 7.12. The molecule has 1 aromatic heterocycles. The number of amides is 1. The summed E-state index contributed by atoms with van der Waals surface area (Å²) >= 11 is 0. The normalized spacial score (nSPS) is 18.1. The third-order valence-electron chi connectivity index (χ3n) is 4.05. The fraction of sp³-hybridized carbons (Fsp3) is 0.353. The number of carbonyl (C=O) groups is 1. The maximum Gasteiger partial charge on any atom is 0.261 e. The quantitative estimate of drug-likeness (QED) is 0.828. The van der Waals surface area contributed by atoms with Crippen LogP contribution in [0.5, 0.6) is 0 Å². The van der Waals surface area contributed by atoms with Gasteiger partial charge >= 0.3 is 0 Å². The van der Waals surface area contributed by atoms with Crippen molar-refractivity contribution in [3.8, 4) is 0 Å². The average molecular weight is 269 g/mol. The number of para-hydroxylation sites is 1. The Labute approximate surface area is 119 Å². The standard InChI is InChI=1S/C17H19NO2/c1-12(2)15-8-7-13-5-3-4-6-16(13)18(15)17(19)14-9-10-20-11-14/h3-6,9-12,15H,7-8H2,1-2H3. The zero-order valence-corrected chi connectivity index (χ0v) is 11.9. The van der Waals surface area contributed by atoms with Crippen LogP contribution in [-0.4, -0.2) is 11.9 Å². The Bertz CT molecular complexity index is 601. The Morgan fingerprint density at radius 3 is 2.80 bits per heavy atom. The van der Waals surface area contributed by atoms with Gasteiger partial charge in [0.05, 0.1) is 11.8 Å². The molecule has 0 fully saturated rings. The second-order valence-corrected chi connectivity index (χ2v) is 5.67. The second-order valence-electron chi connectivity index (χ2n) is 5.67. The van der Waals surface area contributed by atoms with Crippen molar-refractivity contribution in [2.45, 2.75) is 32.7 Å². The van der Waals surface area contributed by atoms with Crippen LogP contribution < -0.4 is 4.90 Å². The number of furan rings is 1. The largest absolute Gasteiger partial charge is 0.472 e. The van der Waals surface area contributed by atoms with Gasteiger partial charge in [0.2, 0.25) is 0 Å². The number of rotatable bonds is 2. The summed E-state index contributed by atoms with van der Waals surface area (Å²) in [6, 6.07) is 10.2. The van der Waals surface area contributed by atoms with Gasteiger partial charge in [0.15, 0.2) is 0 Å². The molecule has 2 heterocycles. The first kappa shape index (κ1) is 13.0. The monoisotopic (exact) mass is 269 g/mol. The molecule has 104 valence electrons. The van der Waals surface area contributed by atoms with E-state index in [4.69, 9.17) is 4.42 Å². The van der Waals surface area contributed by atoms with Gasteiger partial charge in [0.1, 0.15) is 6.26 Å². The van der Waals surface area contributed by atoms with E-state index in [0.717, 1.165) is 18.5 Å². The fourth-order valence-electron chi connectivity index (χ4n) is 2.99. The lowest BCUT2D eigenvalue weighted by molar-refractivity contribution is 0.0964. The second kappa shape index (κ2) is 5.16. The Kier molecular flexibility index (Phi) is 3.35. The van der Waals surface area contributed by atoms with Crippen LogP contribution in [0.2, 0.25) is 0 Å². The van der Waals surface area contributed by atoms with Crippen LogP contribution in [0.1, 0.15) is 36.2 Å². The van der Waals surface area contributed by atoms with E-state index in [2.05, 4.69) is 19.9 Å². The number of benzene rings is 1. The van der Waals surface area contributed by atoms with E-state index in [1.54, 1.807) is 12.3 Å². The van der Waals surface area contributed by atoms with E-state index in [0.29, 0.717) is 11.5 Å². The molecule has 0 aliphatic carbocycles. The predicted octanol–water partition coefficient (Wildman–Crippen LogP) is 3.90. The van der Waals surface area contributed by atoms with Gasteiger partial charge < -0.3 is 9.32 Å². The molecule has 1 aromatic carbocycles. The van der Waals surface area contributed by atoms with Gasteiger partial charge in [-0.25, -0.2) is 0 Å². The Balaban J connectivity index is 2.05. The van der Waals surface area contributed by atoms with Gasteiger partial charge in [0, 0.05) is 11.7 Å². The van der Waals surface area contributed by atoms with Gasteiger partial charge in [0.25, 0.3) is 5.91 Å². The lowest BCUT2D eigenvalue weighted by Gasteiger charge is -2.39. The van der Waals surface area contributed by atoms with Gasteiger partial charge in [-0.15, -0.1) is 0 Å². The van der Waals surface area contributed by atoms with Gasteiger partial charge in [-0.05, 0) is 36.5 Å². The minimum atomic E-state index is 0.0320. The van der Waals surface area contributed by atoms with Crippen molar-refractivity contribution in [1.82, 2.24) is 0 Å². The van der Waals surface area contributed by atoms with E-state index in [1.807, 2.05) is 23.1 Å². The highest BCUT2D eigenvalue weighted by Crippen LogP contribution is 2.34. The number of carbonyl (C=O) groups excluding carboxylic acids is 1. The molecule has 1 atom stereocenters. The Hall–Kier alpha value is -2.03. The summed E-state index contributed by atoms with van der Waals surface area (Å²) in [5.41, 5.74) is 2.91. The third-order valence-corrected chi connectivity index (χ3v) is 4.05. The summed E-state index contributed by atoms with van der Waals surface area (Å²) in [6.45, 7) is 4.35. The summed E-state index contributed by atoms with van der Waals surface area (Å²) in [7, 11) is 0. The molecule has 0 N–H and O–H groups in total. The van der Waals surface area contributed by atoms with E-state index in [1.165, 1.54) is 11.8 Å². The van der Waals surface area contributed by atoms with Crippen LogP contribution in [0, 0.1) is 5.92 Å². The van der Waals surface area contributed by atoms with Crippen molar-refractivity contribution in [1.29, 1.82) is 0 Å². The molecule has 0 saturated heterocycles. The van der Waals surface area contributed by atoms with Crippen molar-refractivity contribution in [3.63, 3.8) is 0 Å². The number of hydrogen-bond donors (Lipinski definition) is 0. The Morgan fingerprint density at radius 1 is 1.30 bits per heavy atom. The summed E-state index contributed by atoms with van der Waals surface area (Å²) in [4.78, 5) is 14.8. The highest BCUT2D eigenvalue weighted by Gasteiger charge is 2.33. The minimum absolute atomic E-state index is 0.0320. The van der Waals surface area contributed by atoms with Crippen LogP contribution in [0.4, 0.5) is 5.69 Å².